The minimum Gasteiger partial charge on any atom is -0.452 e. The monoisotopic (exact) mass is 438 g/mol. The molecule has 0 radical (unpaired) electrons. The van der Waals surface area contributed by atoms with Crippen molar-refractivity contribution in [2.24, 2.45) is 17.8 Å². The molecule has 32 heavy (non-hydrogen) atoms. The first-order chi connectivity index (χ1) is 15.3. The Hall–Kier alpha value is -3.55. The van der Waals surface area contributed by atoms with E-state index in [1.54, 1.807) is 12.1 Å². The number of ether oxygens (including phenoxy) is 1. The molecule has 1 saturated carbocycles. The zero-order chi connectivity index (χ0) is 22.8. The molecule has 1 aliphatic carbocycles. The number of halogens is 1. The van der Waals surface area contributed by atoms with Crippen LogP contribution in [0.25, 0.3) is 0 Å². The summed E-state index contributed by atoms with van der Waals surface area (Å²) in [7, 11) is 0. The van der Waals surface area contributed by atoms with Crippen LogP contribution in [-0.4, -0.2) is 30.3 Å². The highest BCUT2D eigenvalue weighted by atomic mass is 19.1. The number of anilines is 2. The van der Waals surface area contributed by atoms with Gasteiger partial charge in [-0.3, -0.25) is 19.3 Å². The number of benzene rings is 2. The smallest absolute Gasteiger partial charge is 0.338 e. The van der Waals surface area contributed by atoms with Crippen LogP contribution in [0.4, 0.5) is 15.8 Å². The zero-order valence-corrected chi connectivity index (χ0v) is 17.5. The Bertz CT molecular complexity index is 1070. The van der Waals surface area contributed by atoms with E-state index < -0.39 is 24.3 Å². The summed E-state index contributed by atoms with van der Waals surface area (Å²) in [6.07, 6.45) is 2.30. The molecule has 1 N–H and O–H groups in total. The van der Waals surface area contributed by atoms with Gasteiger partial charge in [0.15, 0.2) is 6.61 Å². The first-order valence-electron chi connectivity index (χ1n) is 10.5. The van der Waals surface area contributed by atoms with Gasteiger partial charge in [-0.15, -0.1) is 0 Å². The van der Waals surface area contributed by atoms with Gasteiger partial charge in [0.2, 0.25) is 11.8 Å². The minimum absolute atomic E-state index is 0.126. The van der Waals surface area contributed by atoms with E-state index >= 15 is 0 Å². The van der Waals surface area contributed by atoms with Crippen LogP contribution >= 0.6 is 0 Å². The third kappa shape index (κ3) is 4.39. The molecule has 8 heteroatoms. The molecule has 7 nitrogen and oxygen atoms in total. The van der Waals surface area contributed by atoms with Crippen LogP contribution in [0.2, 0.25) is 0 Å². The Morgan fingerprint density at radius 3 is 2.53 bits per heavy atom. The lowest BCUT2D eigenvalue weighted by Crippen LogP contribution is -2.31. The summed E-state index contributed by atoms with van der Waals surface area (Å²) in [5.41, 5.74) is 0.824. The van der Waals surface area contributed by atoms with Crippen molar-refractivity contribution in [3.8, 4) is 0 Å². The van der Waals surface area contributed by atoms with Gasteiger partial charge < -0.3 is 10.1 Å². The molecule has 166 valence electrons. The number of amides is 3. The predicted molar refractivity (Wildman–Crippen MR) is 114 cm³/mol. The van der Waals surface area contributed by atoms with Gasteiger partial charge in [0.25, 0.3) is 5.91 Å². The summed E-state index contributed by atoms with van der Waals surface area (Å²) in [5.74, 6) is -2.43. The van der Waals surface area contributed by atoms with Gasteiger partial charge in [0.05, 0.1) is 23.1 Å². The Morgan fingerprint density at radius 1 is 1.06 bits per heavy atom. The van der Waals surface area contributed by atoms with Crippen molar-refractivity contribution in [3.05, 3.63) is 59.9 Å². The number of nitrogens with zero attached hydrogens (tertiary/aromatic N) is 1. The highest BCUT2D eigenvalue weighted by Gasteiger charge is 2.50. The second-order valence-electron chi connectivity index (χ2n) is 8.32. The summed E-state index contributed by atoms with van der Waals surface area (Å²) in [5, 5.41) is 2.50. The summed E-state index contributed by atoms with van der Waals surface area (Å²) in [6.45, 7) is 1.55. The number of hydrogen-bond acceptors (Lipinski definition) is 5. The van der Waals surface area contributed by atoms with Crippen LogP contribution in [-0.2, 0) is 19.1 Å². The molecule has 0 spiro atoms. The van der Waals surface area contributed by atoms with Crippen LogP contribution in [0.3, 0.4) is 0 Å². The average Bonchev–Trinajstić information content (AvgIpc) is 3.03. The fraction of sp³-hybridized carbons (Fsp3) is 0.333. The molecule has 2 aliphatic rings. The SMILES string of the molecule is C[C@@H]1CC[C@@H]2C(=O)N(c3cccc(C(=O)OCC(=O)Nc4ccc(F)cc4)c3)C(=O)[C@H]2C1. The van der Waals surface area contributed by atoms with E-state index in [9.17, 15) is 23.6 Å². The van der Waals surface area contributed by atoms with Crippen molar-refractivity contribution in [2.75, 3.05) is 16.8 Å². The van der Waals surface area contributed by atoms with E-state index in [1.165, 1.54) is 41.3 Å². The molecule has 2 aromatic rings. The van der Waals surface area contributed by atoms with E-state index in [4.69, 9.17) is 4.74 Å². The van der Waals surface area contributed by atoms with Crippen LogP contribution < -0.4 is 10.2 Å². The predicted octanol–water partition coefficient (Wildman–Crippen LogP) is 3.55. The van der Waals surface area contributed by atoms with Gasteiger partial charge in [-0.25, -0.2) is 9.18 Å². The molecule has 0 unspecified atom stereocenters. The Balaban J connectivity index is 1.41. The number of rotatable bonds is 5. The second-order valence-corrected chi connectivity index (χ2v) is 8.32. The molecule has 1 saturated heterocycles. The number of esters is 1. The van der Waals surface area contributed by atoms with E-state index in [0.29, 0.717) is 30.1 Å². The van der Waals surface area contributed by atoms with Gasteiger partial charge in [0.1, 0.15) is 5.82 Å². The lowest BCUT2D eigenvalue weighted by atomic mass is 9.76. The van der Waals surface area contributed by atoms with Crippen LogP contribution in [0.5, 0.6) is 0 Å². The Kier molecular flexibility index (Phi) is 6.03. The first-order valence-corrected chi connectivity index (χ1v) is 10.5. The Morgan fingerprint density at radius 2 is 1.78 bits per heavy atom. The lowest BCUT2D eigenvalue weighted by Gasteiger charge is -2.25. The molecule has 2 fully saturated rings. The van der Waals surface area contributed by atoms with Crippen molar-refractivity contribution >= 4 is 35.1 Å². The summed E-state index contributed by atoms with van der Waals surface area (Å²) in [6, 6.07) is 11.3. The van der Waals surface area contributed by atoms with Crippen molar-refractivity contribution in [1.29, 1.82) is 0 Å². The highest BCUT2D eigenvalue weighted by molar-refractivity contribution is 6.22. The minimum atomic E-state index is -0.758. The van der Waals surface area contributed by atoms with Gasteiger partial charge in [0, 0.05) is 5.69 Å². The molecular formula is C24H23FN2O5. The molecule has 1 aliphatic heterocycles. The number of hydrogen-bond donors (Lipinski definition) is 1. The molecule has 0 aromatic heterocycles. The molecule has 3 atom stereocenters. The van der Waals surface area contributed by atoms with E-state index in [0.717, 1.165) is 6.42 Å². The van der Waals surface area contributed by atoms with E-state index in [2.05, 4.69) is 12.2 Å². The van der Waals surface area contributed by atoms with Gasteiger partial charge in [-0.05, 0) is 67.6 Å². The molecule has 1 heterocycles. The first kappa shape index (κ1) is 21.7. The largest absolute Gasteiger partial charge is 0.452 e. The molecule has 2 aromatic carbocycles. The van der Waals surface area contributed by atoms with Crippen molar-refractivity contribution < 1.29 is 28.3 Å². The fourth-order valence-corrected chi connectivity index (χ4v) is 4.36. The third-order valence-electron chi connectivity index (χ3n) is 5.99. The standard InChI is InChI=1S/C24H23FN2O5/c1-14-5-10-19-20(11-14)23(30)27(22(19)29)18-4-2-3-15(12-18)24(31)32-13-21(28)26-17-8-6-16(25)7-9-17/h2-4,6-9,12,14,19-20H,5,10-11,13H2,1H3,(H,26,28)/t14-,19+,20+/m1/s1. The lowest BCUT2D eigenvalue weighted by molar-refractivity contribution is -0.122. The van der Waals surface area contributed by atoms with Crippen molar-refractivity contribution in [2.45, 2.75) is 26.2 Å². The van der Waals surface area contributed by atoms with Gasteiger partial charge >= 0.3 is 5.97 Å². The van der Waals surface area contributed by atoms with E-state index in [1.807, 2.05) is 0 Å². The summed E-state index contributed by atoms with van der Waals surface area (Å²) < 4.78 is 18.0. The summed E-state index contributed by atoms with van der Waals surface area (Å²) >= 11 is 0. The van der Waals surface area contributed by atoms with Gasteiger partial charge in [-0.2, -0.15) is 0 Å². The number of fused-ring (bicyclic) bond motifs is 1. The van der Waals surface area contributed by atoms with Crippen LogP contribution in [0.15, 0.2) is 48.5 Å². The fourth-order valence-electron chi connectivity index (χ4n) is 4.36. The second kappa shape index (κ2) is 8.90. The maximum absolute atomic E-state index is 12.9. The van der Waals surface area contributed by atoms with E-state index in [-0.39, 0.29) is 29.2 Å². The Labute approximate surface area is 184 Å². The molecule has 4 rings (SSSR count). The number of imide groups is 1. The van der Waals surface area contributed by atoms with Crippen molar-refractivity contribution in [3.63, 3.8) is 0 Å². The van der Waals surface area contributed by atoms with Crippen LogP contribution in [0, 0.1) is 23.6 Å². The molecular weight excluding hydrogens is 415 g/mol. The molecule has 0 bridgehead atoms. The number of carbonyl (C=O) groups excluding carboxylic acids is 4. The normalized spacial score (nSPS) is 22.4. The third-order valence-corrected chi connectivity index (χ3v) is 5.99. The maximum atomic E-state index is 12.9. The quantitative estimate of drug-likeness (QED) is 0.569. The summed E-state index contributed by atoms with van der Waals surface area (Å²) in [4.78, 5) is 51.3. The van der Waals surface area contributed by atoms with Crippen molar-refractivity contribution in [1.82, 2.24) is 0 Å². The molecule has 3 amide bonds. The number of carbonyl (C=O) groups is 4. The number of nitrogens with one attached hydrogen (secondary N) is 1. The average molecular weight is 438 g/mol. The van der Waals surface area contributed by atoms with Crippen LogP contribution in [0.1, 0.15) is 36.5 Å². The maximum Gasteiger partial charge on any atom is 0.338 e. The topological polar surface area (TPSA) is 92.8 Å². The zero-order valence-electron chi connectivity index (χ0n) is 17.5. The highest BCUT2D eigenvalue weighted by Crippen LogP contribution is 2.42. The van der Waals surface area contributed by atoms with Gasteiger partial charge in [-0.1, -0.05) is 13.0 Å².